The molecule has 1 aliphatic heterocycles. The normalized spacial score (nSPS) is 19.9. The van der Waals surface area contributed by atoms with E-state index >= 15 is 0 Å². The minimum absolute atomic E-state index is 0.371. The number of hydrogen-bond donors (Lipinski definition) is 1. The van der Waals surface area contributed by atoms with E-state index in [4.69, 9.17) is 0 Å². The van der Waals surface area contributed by atoms with Crippen molar-refractivity contribution in [3.63, 3.8) is 0 Å². The van der Waals surface area contributed by atoms with Gasteiger partial charge in [-0.3, -0.25) is 0 Å². The van der Waals surface area contributed by atoms with Crippen LogP contribution in [-0.4, -0.2) is 48.7 Å². The van der Waals surface area contributed by atoms with Gasteiger partial charge in [0.2, 0.25) is 0 Å². The fourth-order valence-electron chi connectivity index (χ4n) is 3.22. The molecule has 0 saturated carbocycles. The molecule has 4 heteroatoms. The molecule has 0 radical (unpaired) electrons. The van der Waals surface area contributed by atoms with Gasteiger partial charge < -0.3 is 14.9 Å². The maximum atomic E-state index is 11.4. The molecule has 1 atom stereocenters. The number of anilines is 1. The van der Waals surface area contributed by atoms with E-state index in [1.165, 1.54) is 0 Å². The lowest BCUT2D eigenvalue weighted by Gasteiger charge is -2.40. The van der Waals surface area contributed by atoms with Gasteiger partial charge in [0.1, 0.15) is 0 Å². The molecule has 0 aliphatic carbocycles. The van der Waals surface area contributed by atoms with Crippen molar-refractivity contribution >= 4 is 22.4 Å². The summed E-state index contributed by atoms with van der Waals surface area (Å²) in [6, 6.07) is 11.9. The minimum atomic E-state index is -0.871. The van der Waals surface area contributed by atoms with Gasteiger partial charge in [0.05, 0.1) is 5.56 Å². The summed E-state index contributed by atoms with van der Waals surface area (Å²) in [6.07, 6.45) is 0. The van der Waals surface area contributed by atoms with Crippen LogP contribution in [0.1, 0.15) is 17.3 Å². The molecule has 0 amide bonds. The second kappa shape index (κ2) is 5.37. The Labute approximate surface area is 124 Å². The van der Waals surface area contributed by atoms with E-state index in [1.807, 2.05) is 30.3 Å². The molecule has 2 aromatic rings. The monoisotopic (exact) mass is 284 g/mol. The average Bonchev–Trinajstić information content (AvgIpc) is 2.46. The Balaban J connectivity index is 2.12. The predicted molar refractivity (Wildman–Crippen MR) is 85.2 cm³/mol. The van der Waals surface area contributed by atoms with E-state index in [-0.39, 0.29) is 0 Å². The highest BCUT2D eigenvalue weighted by Crippen LogP contribution is 2.31. The lowest BCUT2D eigenvalue weighted by atomic mass is 10.0. The van der Waals surface area contributed by atoms with Gasteiger partial charge in [-0.1, -0.05) is 24.3 Å². The zero-order valence-electron chi connectivity index (χ0n) is 12.4. The Kier molecular flexibility index (Phi) is 3.55. The molecule has 110 valence electrons. The number of aromatic carboxylic acids is 1. The summed E-state index contributed by atoms with van der Waals surface area (Å²) >= 11 is 0. The quantitative estimate of drug-likeness (QED) is 0.921. The number of hydrogen-bond acceptors (Lipinski definition) is 3. The zero-order chi connectivity index (χ0) is 15.0. The van der Waals surface area contributed by atoms with E-state index in [0.717, 1.165) is 36.1 Å². The number of piperazine rings is 1. The van der Waals surface area contributed by atoms with Gasteiger partial charge in [0, 0.05) is 36.7 Å². The second-order valence-electron chi connectivity index (χ2n) is 5.79. The summed E-state index contributed by atoms with van der Waals surface area (Å²) in [7, 11) is 2.14. The van der Waals surface area contributed by atoms with Crippen LogP contribution < -0.4 is 4.90 Å². The number of nitrogens with zero attached hydrogens (tertiary/aromatic N) is 2. The number of carboxylic acid groups (broad SMARTS) is 1. The van der Waals surface area contributed by atoms with Crippen molar-refractivity contribution in [2.24, 2.45) is 0 Å². The molecular formula is C17H20N2O2. The van der Waals surface area contributed by atoms with Gasteiger partial charge in [-0.25, -0.2) is 4.79 Å². The van der Waals surface area contributed by atoms with Crippen LogP contribution in [0, 0.1) is 0 Å². The van der Waals surface area contributed by atoms with Gasteiger partial charge in [-0.05, 0) is 31.5 Å². The molecule has 0 bridgehead atoms. The van der Waals surface area contributed by atoms with Crippen LogP contribution in [-0.2, 0) is 0 Å². The molecule has 1 unspecified atom stereocenters. The van der Waals surface area contributed by atoms with Crippen molar-refractivity contribution in [2.45, 2.75) is 13.0 Å². The number of benzene rings is 2. The largest absolute Gasteiger partial charge is 0.478 e. The van der Waals surface area contributed by atoms with Crippen LogP contribution in [0.4, 0.5) is 5.69 Å². The lowest BCUT2D eigenvalue weighted by Crippen LogP contribution is -2.50. The number of carbonyl (C=O) groups is 1. The SMILES string of the molecule is CC1CN(C)CCN1c1ccc(C(=O)O)c2ccccc12. The fraction of sp³-hybridized carbons (Fsp3) is 0.353. The van der Waals surface area contributed by atoms with Crippen LogP contribution in [0.25, 0.3) is 10.8 Å². The van der Waals surface area contributed by atoms with Crippen LogP contribution in [0.2, 0.25) is 0 Å². The number of carboxylic acids is 1. The first-order valence-corrected chi connectivity index (χ1v) is 7.28. The molecule has 1 aliphatic rings. The molecule has 1 heterocycles. The van der Waals surface area contributed by atoms with E-state index in [2.05, 4.69) is 23.8 Å². The van der Waals surface area contributed by atoms with Gasteiger partial charge >= 0.3 is 5.97 Å². The zero-order valence-corrected chi connectivity index (χ0v) is 12.4. The highest BCUT2D eigenvalue weighted by Gasteiger charge is 2.23. The Bertz CT molecular complexity index is 684. The Hall–Kier alpha value is -2.07. The lowest BCUT2D eigenvalue weighted by molar-refractivity contribution is 0.0699. The van der Waals surface area contributed by atoms with Crippen LogP contribution in [0.15, 0.2) is 36.4 Å². The van der Waals surface area contributed by atoms with Gasteiger partial charge in [-0.15, -0.1) is 0 Å². The van der Waals surface area contributed by atoms with Crippen molar-refractivity contribution in [2.75, 3.05) is 31.6 Å². The predicted octanol–water partition coefficient (Wildman–Crippen LogP) is 2.68. The van der Waals surface area contributed by atoms with Crippen molar-refractivity contribution < 1.29 is 9.90 Å². The summed E-state index contributed by atoms with van der Waals surface area (Å²) < 4.78 is 0. The third-order valence-electron chi connectivity index (χ3n) is 4.27. The molecule has 4 nitrogen and oxygen atoms in total. The van der Waals surface area contributed by atoms with Crippen molar-refractivity contribution in [3.8, 4) is 0 Å². The molecule has 1 saturated heterocycles. The maximum absolute atomic E-state index is 11.4. The summed E-state index contributed by atoms with van der Waals surface area (Å²) in [5.41, 5.74) is 1.51. The average molecular weight is 284 g/mol. The molecule has 21 heavy (non-hydrogen) atoms. The van der Waals surface area contributed by atoms with E-state index < -0.39 is 5.97 Å². The van der Waals surface area contributed by atoms with Gasteiger partial charge in [0.15, 0.2) is 0 Å². The molecule has 0 aromatic heterocycles. The van der Waals surface area contributed by atoms with Gasteiger partial charge in [-0.2, -0.15) is 0 Å². The summed E-state index contributed by atoms with van der Waals surface area (Å²) in [5, 5.41) is 11.2. The van der Waals surface area contributed by atoms with E-state index in [9.17, 15) is 9.90 Å². The standard InChI is InChI=1S/C17H20N2O2/c1-12-11-18(2)9-10-19(12)16-8-7-15(17(20)21)13-5-3-4-6-14(13)16/h3-8,12H,9-11H2,1-2H3,(H,20,21). The van der Waals surface area contributed by atoms with Crippen molar-refractivity contribution in [3.05, 3.63) is 42.0 Å². The molecule has 1 N–H and O–H groups in total. The summed E-state index contributed by atoms with van der Waals surface area (Å²) in [6.45, 7) is 5.23. The van der Waals surface area contributed by atoms with Crippen LogP contribution >= 0.6 is 0 Å². The Morgan fingerprint density at radius 2 is 1.86 bits per heavy atom. The summed E-state index contributed by atoms with van der Waals surface area (Å²) in [5.74, 6) is -0.871. The fourth-order valence-corrected chi connectivity index (χ4v) is 3.22. The van der Waals surface area contributed by atoms with Crippen molar-refractivity contribution in [1.82, 2.24) is 4.90 Å². The highest BCUT2D eigenvalue weighted by atomic mass is 16.4. The third-order valence-corrected chi connectivity index (χ3v) is 4.27. The third kappa shape index (κ3) is 2.47. The molecule has 2 aromatic carbocycles. The molecular weight excluding hydrogens is 264 g/mol. The van der Waals surface area contributed by atoms with E-state index in [0.29, 0.717) is 11.6 Å². The van der Waals surface area contributed by atoms with Crippen LogP contribution in [0.3, 0.4) is 0 Å². The first kappa shape index (κ1) is 13.9. The first-order chi connectivity index (χ1) is 10.1. The van der Waals surface area contributed by atoms with Gasteiger partial charge in [0.25, 0.3) is 0 Å². The topological polar surface area (TPSA) is 43.8 Å². The number of likely N-dealkylation sites (N-methyl/N-ethyl adjacent to an activating group) is 1. The molecule has 1 fully saturated rings. The molecule has 0 spiro atoms. The Morgan fingerprint density at radius 1 is 1.14 bits per heavy atom. The van der Waals surface area contributed by atoms with E-state index in [1.54, 1.807) is 6.07 Å². The smallest absolute Gasteiger partial charge is 0.336 e. The van der Waals surface area contributed by atoms with Crippen LogP contribution in [0.5, 0.6) is 0 Å². The summed E-state index contributed by atoms with van der Waals surface area (Å²) in [4.78, 5) is 16.1. The van der Waals surface area contributed by atoms with Crippen molar-refractivity contribution in [1.29, 1.82) is 0 Å². The maximum Gasteiger partial charge on any atom is 0.336 e. The number of fused-ring (bicyclic) bond motifs is 1. The second-order valence-corrected chi connectivity index (χ2v) is 5.79. The number of rotatable bonds is 2. The molecule has 3 rings (SSSR count). The highest BCUT2D eigenvalue weighted by molar-refractivity contribution is 6.07. The first-order valence-electron chi connectivity index (χ1n) is 7.28. The Morgan fingerprint density at radius 3 is 2.52 bits per heavy atom. The minimum Gasteiger partial charge on any atom is -0.478 e.